The summed E-state index contributed by atoms with van der Waals surface area (Å²) in [5.74, 6) is -1.40. The van der Waals surface area contributed by atoms with Crippen molar-refractivity contribution in [3.63, 3.8) is 0 Å². The van der Waals surface area contributed by atoms with Gasteiger partial charge >= 0.3 is 5.97 Å². The molecule has 0 radical (unpaired) electrons. The summed E-state index contributed by atoms with van der Waals surface area (Å²) in [6.07, 6.45) is -5.01. The number of carbonyl (C=O) groups excluding carboxylic acids is 1. The molecule has 2 aliphatic heterocycles. The second kappa shape index (κ2) is 10.0. The average Bonchev–Trinajstić information content (AvgIpc) is 3.24. The molecule has 2 aromatic rings. The molecule has 8 heteroatoms. The molecule has 0 amide bonds. The van der Waals surface area contributed by atoms with Crippen LogP contribution in [-0.4, -0.2) is 64.5 Å². The predicted octanol–water partition coefficient (Wildman–Crippen LogP) is 3.00. The Morgan fingerprint density at radius 3 is 2.41 bits per heavy atom. The van der Waals surface area contributed by atoms with Crippen molar-refractivity contribution in [2.24, 2.45) is 5.41 Å². The Morgan fingerprint density at radius 1 is 1.11 bits per heavy atom. The topological polar surface area (TPSA) is 115 Å². The molecule has 8 nitrogen and oxygen atoms in total. The van der Waals surface area contributed by atoms with Crippen LogP contribution in [0.1, 0.15) is 56.9 Å². The maximum atomic E-state index is 12.6. The second-order valence-electron chi connectivity index (χ2n) is 11.1. The van der Waals surface area contributed by atoms with Crippen LogP contribution in [-0.2, 0) is 31.2 Å². The lowest BCUT2D eigenvalue weighted by molar-refractivity contribution is -0.337. The van der Waals surface area contributed by atoms with Crippen molar-refractivity contribution in [2.75, 3.05) is 13.2 Å². The van der Waals surface area contributed by atoms with Crippen LogP contribution in [0.3, 0.4) is 0 Å². The molecule has 0 aromatic heterocycles. The Balaban J connectivity index is 1.66. The number of ether oxygens (including phenoxy) is 4. The van der Waals surface area contributed by atoms with Crippen LogP contribution in [0.2, 0.25) is 0 Å². The van der Waals surface area contributed by atoms with Crippen molar-refractivity contribution >= 4 is 5.97 Å². The fourth-order valence-electron chi connectivity index (χ4n) is 4.90. The average molecular weight is 515 g/mol. The number of hydrogen-bond acceptors (Lipinski definition) is 8. The number of carbonyl (C=O) groups is 1. The zero-order valence-corrected chi connectivity index (χ0v) is 22.4. The number of aliphatic hydroxyl groups is 3. The molecule has 4 rings (SSSR count). The standard InChI is InChI=1S/C29H38O8/c1-7-34-22-12-9-19(10-13-22)14-20-15-21(11-8-17(20)2)29-25(32)23(30)24(31)28(37-29,16-35-29)18(3)36-26(33)27(4,5)6/h8-13,15,18,23-25,30-32H,7,14,16H2,1-6H3/t18?,23-,24-,25+,28+,29-/m0/s1. The van der Waals surface area contributed by atoms with Crippen LogP contribution in [0, 0.1) is 12.3 Å². The monoisotopic (exact) mass is 514 g/mol. The van der Waals surface area contributed by atoms with Crippen molar-refractivity contribution in [1.29, 1.82) is 0 Å². The largest absolute Gasteiger partial charge is 0.494 e. The summed E-state index contributed by atoms with van der Waals surface area (Å²) in [4.78, 5) is 12.6. The first-order valence-corrected chi connectivity index (χ1v) is 12.7. The summed E-state index contributed by atoms with van der Waals surface area (Å²) in [6, 6.07) is 13.4. The highest BCUT2D eigenvalue weighted by Gasteiger charge is 2.69. The van der Waals surface area contributed by atoms with Gasteiger partial charge in [-0.25, -0.2) is 0 Å². The van der Waals surface area contributed by atoms with Crippen molar-refractivity contribution in [1.82, 2.24) is 0 Å². The zero-order valence-electron chi connectivity index (χ0n) is 22.4. The summed E-state index contributed by atoms with van der Waals surface area (Å²) < 4.78 is 23.6. The van der Waals surface area contributed by atoms with Crippen LogP contribution in [0.15, 0.2) is 42.5 Å². The lowest BCUT2D eigenvalue weighted by atomic mass is 9.80. The maximum Gasteiger partial charge on any atom is 0.311 e. The third-order valence-corrected chi connectivity index (χ3v) is 7.36. The van der Waals surface area contributed by atoms with Gasteiger partial charge in [-0.3, -0.25) is 4.79 Å². The van der Waals surface area contributed by atoms with Crippen LogP contribution in [0.25, 0.3) is 0 Å². The third-order valence-electron chi connectivity index (χ3n) is 7.36. The molecule has 37 heavy (non-hydrogen) atoms. The van der Waals surface area contributed by atoms with Crippen LogP contribution in [0.5, 0.6) is 5.75 Å². The minimum absolute atomic E-state index is 0.178. The van der Waals surface area contributed by atoms with Crippen molar-refractivity contribution in [3.8, 4) is 5.75 Å². The number of esters is 1. The van der Waals surface area contributed by atoms with E-state index in [1.807, 2.05) is 50.2 Å². The van der Waals surface area contributed by atoms with E-state index in [4.69, 9.17) is 18.9 Å². The van der Waals surface area contributed by atoms with Gasteiger partial charge in [0.05, 0.1) is 18.6 Å². The molecule has 6 atom stereocenters. The fraction of sp³-hybridized carbons (Fsp3) is 0.552. The first-order chi connectivity index (χ1) is 17.3. The fourth-order valence-corrected chi connectivity index (χ4v) is 4.90. The molecular weight excluding hydrogens is 476 g/mol. The number of rotatable bonds is 7. The molecule has 2 aliphatic rings. The summed E-state index contributed by atoms with van der Waals surface area (Å²) in [7, 11) is 0. The Bertz CT molecular complexity index is 1120. The van der Waals surface area contributed by atoms with Gasteiger partial charge in [0.25, 0.3) is 0 Å². The molecule has 2 fully saturated rings. The lowest BCUT2D eigenvalue weighted by Crippen LogP contribution is -2.68. The van der Waals surface area contributed by atoms with Gasteiger partial charge in [-0.15, -0.1) is 0 Å². The van der Waals surface area contributed by atoms with E-state index in [1.165, 1.54) is 0 Å². The molecular formula is C29H38O8. The molecule has 2 saturated heterocycles. The van der Waals surface area contributed by atoms with Gasteiger partial charge in [-0.05, 0) is 82.9 Å². The summed E-state index contributed by atoms with van der Waals surface area (Å²) in [5.41, 5.74) is 1.28. The third kappa shape index (κ3) is 4.89. The van der Waals surface area contributed by atoms with E-state index in [0.717, 1.165) is 22.4 Å². The van der Waals surface area contributed by atoms with Crippen LogP contribution < -0.4 is 4.74 Å². The Labute approximate surface area is 218 Å². The maximum absolute atomic E-state index is 12.6. The molecule has 0 saturated carbocycles. The lowest BCUT2D eigenvalue weighted by Gasteiger charge is -2.48. The molecule has 202 valence electrons. The highest BCUT2D eigenvalue weighted by molar-refractivity contribution is 5.75. The molecule has 2 heterocycles. The quantitative estimate of drug-likeness (QED) is 0.483. The molecule has 3 N–H and O–H groups in total. The number of benzene rings is 2. The zero-order chi connectivity index (χ0) is 27.2. The van der Waals surface area contributed by atoms with Gasteiger partial charge in [-0.2, -0.15) is 0 Å². The smallest absolute Gasteiger partial charge is 0.311 e. The van der Waals surface area contributed by atoms with Crippen molar-refractivity contribution in [3.05, 3.63) is 64.7 Å². The van der Waals surface area contributed by atoms with E-state index in [9.17, 15) is 20.1 Å². The summed E-state index contributed by atoms with van der Waals surface area (Å²) in [6.45, 7) is 11.1. The van der Waals surface area contributed by atoms with Crippen LogP contribution >= 0.6 is 0 Å². The van der Waals surface area contributed by atoms with Gasteiger partial charge in [0, 0.05) is 5.56 Å². The van der Waals surface area contributed by atoms with E-state index in [0.29, 0.717) is 18.6 Å². The molecule has 1 unspecified atom stereocenters. The summed E-state index contributed by atoms with van der Waals surface area (Å²) >= 11 is 0. The second-order valence-corrected chi connectivity index (χ2v) is 11.1. The highest BCUT2D eigenvalue weighted by atomic mass is 16.8. The molecule has 2 bridgehead atoms. The minimum atomic E-state index is -1.73. The highest BCUT2D eigenvalue weighted by Crippen LogP contribution is 2.51. The predicted molar refractivity (Wildman–Crippen MR) is 136 cm³/mol. The Morgan fingerprint density at radius 2 is 1.78 bits per heavy atom. The Hall–Kier alpha value is -2.49. The van der Waals surface area contributed by atoms with Crippen molar-refractivity contribution in [2.45, 2.75) is 83.8 Å². The van der Waals surface area contributed by atoms with Crippen molar-refractivity contribution < 1.29 is 39.1 Å². The number of fused-ring (bicyclic) bond motifs is 2. The van der Waals surface area contributed by atoms with Gasteiger partial charge in [0.1, 0.15) is 30.2 Å². The van der Waals surface area contributed by atoms with E-state index in [1.54, 1.807) is 33.8 Å². The number of aliphatic hydroxyl groups excluding tert-OH is 3. The molecule has 2 aromatic carbocycles. The van der Waals surface area contributed by atoms with Gasteiger partial charge in [0.2, 0.25) is 5.79 Å². The van der Waals surface area contributed by atoms with E-state index < -0.39 is 47.2 Å². The summed E-state index contributed by atoms with van der Waals surface area (Å²) in [5, 5.41) is 32.9. The van der Waals surface area contributed by atoms with E-state index in [-0.39, 0.29) is 6.61 Å². The van der Waals surface area contributed by atoms with E-state index >= 15 is 0 Å². The van der Waals surface area contributed by atoms with Gasteiger partial charge in [0.15, 0.2) is 5.60 Å². The molecule has 0 aliphatic carbocycles. The SMILES string of the molecule is CCOc1ccc(Cc2cc([C@]34OC[C@](C(C)OC(=O)C(C)(C)C)(O3)[C@@H](O)[C@H](O)[C@H]4O)ccc2C)cc1. The molecule has 0 spiro atoms. The van der Waals surface area contributed by atoms with E-state index in [2.05, 4.69) is 0 Å². The number of aryl methyl sites for hydroxylation is 1. The van der Waals surface area contributed by atoms with Gasteiger partial charge < -0.3 is 34.3 Å². The minimum Gasteiger partial charge on any atom is -0.494 e. The number of hydrogen-bond donors (Lipinski definition) is 3. The van der Waals surface area contributed by atoms with Gasteiger partial charge in [-0.1, -0.05) is 24.3 Å². The van der Waals surface area contributed by atoms with Crippen LogP contribution in [0.4, 0.5) is 0 Å². The first kappa shape index (κ1) is 27.5. The normalized spacial score (nSPS) is 30.1. The Kier molecular flexibility index (Phi) is 7.44. The first-order valence-electron chi connectivity index (χ1n) is 12.7.